The highest BCUT2D eigenvalue weighted by Crippen LogP contribution is 2.30. The first-order chi connectivity index (χ1) is 8.74. The summed E-state index contributed by atoms with van der Waals surface area (Å²) in [6, 6.07) is 15.7. The molecule has 0 aliphatic carbocycles. The Morgan fingerprint density at radius 3 is 2.61 bits per heavy atom. The van der Waals surface area contributed by atoms with Crippen molar-refractivity contribution in [3.05, 3.63) is 54.1 Å². The van der Waals surface area contributed by atoms with Crippen molar-refractivity contribution in [2.45, 2.75) is 0 Å². The molecule has 0 radical (unpaired) electrons. The van der Waals surface area contributed by atoms with E-state index in [1.807, 2.05) is 48.5 Å². The van der Waals surface area contributed by atoms with Crippen molar-refractivity contribution in [1.82, 2.24) is 4.98 Å². The van der Waals surface area contributed by atoms with Gasteiger partial charge in [0.2, 0.25) is 0 Å². The monoisotopic (exact) mass is 253 g/mol. The third kappa shape index (κ3) is 1.87. The molecule has 0 atom stereocenters. The van der Waals surface area contributed by atoms with Crippen molar-refractivity contribution in [3.63, 3.8) is 0 Å². The van der Waals surface area contributed by atoms with Crippen LogP contribution in [0.2, 0.25) is 0 Å². The first-order valence-electron chi connectivity index (χ1n) is 5.54. The third-order valence-electron chi connectivity index (χ3n) is 2.72. The van der Waals surface area contributed by atoms with Gasteiger partial charge in [-0.3, -0.25) is 5.41 Å². The largest absolute Gasteiger partial charge is 0.384 e. The van der Waals surface area contributed by atoms with E-state index in [0.29, 0.717) is 0 Å². The van der Waals surface area contributed by atoms with Gasteiger partial charge in [0.25, 0.3) is 0 Å². The molecule has 1 heterocycles. The molecule has 0 bridgehead atoms. The van der Waals surface area contributed by atoms with Crippen LogP contribution in [0.1, 0.15) is 5.56 Å². The summed E-state index contributed by atoms with van der Waals surface area (Å²) in [6.07, 6.45) is 0. The summed E-state index contributed by atoms with van der Waals surface area (Å²) in [5.74, 6) is 0.0894. The van der Waals surface area contributed by atoms with Crippen molar-refractivity contribution in [2.24, 2.45) is 5.73 Å². The topological polar surface area (TPSA) is 62.8 Å². The molecule has 0 aliphatic heterocycles. The summed E-state index contributed by atoms with van der Waals surface area (Å²) in [7, 11) is 0. The number of nitrogens with zero attached hydrogens (tertiary/aromatic N) is 1. The van der Waals surface area contributed by atoms with E-state index in [1.54, 1.807) is 11.3 Å². The standard InChI is InChI=1S/C14H11N3S/c15-13(16)10-6-7-11-12(8-10)18-14(17-11)9-4-2-1-3-5-9/h1-8H,(H3,15,16). The van der Waals surface area contributed by atoms with Gasteiger partial charge in [0.05, 0.1) is 10.2 Å². The van der Waals surface area contributed by atoms with Crippen LogP contribution in [0.15, 0.2) is 48.5 Å². The van der Waals surface area contributed by atoms with Crippen LogP contribution >= 0.6 is 11.3 Å². The Morgan fingerprint density at radius 2 is 1.89 bits per heavy atom. The molecule has 1 aromatic heterocycles. The summed E-state index contributed by atoms with van der Waals surface area (Å²) in [4.78, 5) is 4.59. The van der Waals surface area contributed by atoms with Gasteiger partial charge in [0, 0.05) is 11.1 Å². The van der Waals surface area contributed by atoms with Gasteiger partial charge in [-0.25, -0.2) is 4.98 Å². The smallest absolute Gasteiger partial charge is 0.124 e. The van der Waals surface area contributed by atoms with E-state index in [4.69, 9.17) is 11.1 Å². The number of benzene rings is 2. The number of nitrogen functional groups attached to an aromatic ring is 1. The fourth-order valence-electron chi connectivity index (χ4n) is 1.80. The Labute approximate surface area is 108 Å². The molecule has 3 nitrogen and oxygen atoms in total. The molecular weight excluding hydrogens is 242 g/mol. The van der Waals surface area contributed by atoms with Gasteiger partial charge in [-0.05, 0) is 18.2 Å². The first-order valence-corrected chi connectivity index (χ1v) is 6.36. The van der Waals surface area contributed by atoms with E-state index in [0.717, 1.165) is 26.4 Å². The predicted octanol–water partition coefficient (Wildman–Crippen LogP) is 3.25. The Morgan fingerprint density at radius 1 is 1.11 bits per heavy atom. The van der Waals surface area contributed by atoms with Crippen molar-refractivity contribution in [2.75, 3.05) is 0 Å². The lowest BCUT2D eigenvalue weighted by molar-refractivity contribution is 1.43. The number of aromatic nitrogens is 1. The first kappa shape index (κ1) is 10.9. The molecule has 0 amide bonds. The lowest BCUT2D eigenvalue weighted by atomic mass is 10.2. The minimum absolute atomic E-state index is 0.0894. The van der Waals surface area contributed by atoms with Crippen molar-refractivity contribution < 1.29 is 0 Å². The Balaban J connectivity index is 2.14. The lowest BCUT2D eigenvalue weighted by Crippen LogP contribution is -2.10. The molecular formula is C14H11N3S. The van der Waals surface area contributed by atoms with E-state index in [-0.39, 0.29) is 5.84 Å². The molecule has 0 saturated heterocycles. The SMILES string of the molecule is N=C(N)c1ccc2nc(-c3ccccc3)sc2c1. The highest BCUT2D eigenvalue weighted by Gasteiger charge is 2.07. The molecule has 3 rings (SSSR count). The average molecular weight is 253 g/mol. The normalized spacial score (nSPS) is 10.7. The molecule has 0 aliphatic rings. The number of rotatable bonds is 2. The van der Waals surface area contributed by atoms with E-state index >= 15 is 0 Å². The van der Waals surface area contributed by atoms with Crippen molar-refractivity contribution >= 4 is 27.4 Å². The maximum Gasteiger partial charge on any atom is 0.124 e. The Bertz CT molecular complexity index is 716. The van der Waals surface area contributed by atoms with Gasteiger partial charge < -0.3 is 5.73 Å². The van der Waals surface area contributed by atoms with Gasteiger partial charge >= 0.3 is 0 Å². The molecule has 2 aromatic carbocycles. The van der Waals surface area contributed by atoms with Crippen LogP contribution in [-0.4, -0.2) is 10.8 Å². The Kier molecular flexibility index (Phi) is 2.57. The molecule has 3 aromatic rings. The average Bonchev–Trinajstić information content (AvgIpc) is 2.82. The van der Waals surface area contributed by atoms with Crippen LogP contribution in [-0.2, 0) is 0 Å². The van der Waals surface area contributed by atoms with Crippen molar-refractivity contribution in [1.29, 1.82) is 5.41 Å². The fourth-order valence-corrected chi connectivity index (χ4v) is 2.81. The molecule has 3 N–H and O–H groups in total. The zero-order chi connectivity index (χ0) is 12.5. The van der Waals surface area contributed by atoms with Crippen LogP contribution in [0.5, 0.6) is 0 Å². The van der Waals surface area contributed by atoms with Crippen LogP contribution in [0.4, 0.5) is 0 Å². The molecule has 0 saturated carbocycles. The zero-order valence-corrected chi connectivity index (χ0v) is 10.4. The number of hydrogen-bond acceptors (Lipinski definition) is 3. The second-order valence-corrected chi connectivity index (χ2v) is 5.01. The summed E-state index contributed by atoms with van der Waals surface area (Å²) in [5.41, 5.74) is 8.29. The summed E-state index contributed by atoms with van der Waals surface area (Å²) < 4.78 is 1.06. The van der Waals surface area contributed by atoms with Crippen LogP contribution in [0.3, 0.4) is 0 Å². The minimum Gasteiger partial charge on any atom is -0.384 e. The number of amidine groups is 1. The molecule has 88 valence electrons. The third-order valence-corrected chi connectivity index (χ3v) is 3.79. The molecule has 0 fully saturated rings. The van der Waals surface area contributed by atoms with Gasteiger partial charge in [0.15, 0.2) is 0 Å². The number of nitrogens with two attached hydrogens (primary N) is 1. The van der Waals surface area contributed by atoms with E-state index < -0.39 is 0 Å². The second-order valence-electron chi connectivity index (χ2n) is 3.98. The quantitative estimate of drug-likeness (QED) is 0.544. The fraction of sp³-hybridized carbons (Fsp3) is 0. The summed E-state index contributed by atoms with van der Waals surface area (Å²) >= 11 is 1.62. The van der Waals surface area contributed by atoms with Crippen molar-refractivity contribution in [3.8, 4) is 10.6 Å². The predicted molar refractivity (Wildman–Crippen MR) is 76.1 cm³/mol. The second kappa shape index (κ2) is 4.23. The van der Waals surface area contributed by atoms with E-state index in [1.165, 1.54) is 0 Å². The number of nitrogens with one attached hydrogen (secondary N) is 1. The Hall–Kier alpha value is -2.20. The number of thiazole rings is 1. The zero-order valence-electron chi connectivity index (χ0n) is 9.55. The molecule has 18 heavy (non-hydrogen) atoms. The molecule has 0 spiro atoms. The highest BCUT2D eigenvalue weighted by molar-refractivity contribution is 7.21. The minimum atomic E-state index is 0.0894. The highest BCUT2D eigenvalue weighted by atomic mass is 32.1. The molecule has 4 heteroatoms. The number of fused-ring (bicyclic) bond motifs is 1. The van der Waals surface area contributed by atoms with Gasteiger partial charge in [-0.1, -0.05) is 30.3 Å². The maximum absolute atomic E-state index is 7.44. The van der Waals surface area contributed by atoms with Gasteiger partial charge in [-0.2, -0.15) is 0 Å². The maximum atomic E-state index is 7.44. The van der Waals surface area contributed by atoms with Crippen LogP contribution in [0, 0.1) is 5.41 Å². The van der Waals surface area contributed by atoms with Crippen LogP contribution in [0.25, 0.3) is 20.8 Å². The van der Waals surface area contributed by atoms with Crippen LogP contribution < -0.4 is 5.73 Å². The molecule has 0 unspecified atom stereocenters. The summed E-state index contributed by atoms with van der Waals surface area (Å²) in [5, 5.41) is 8.44. The van der Waals surface area contributed by atoms with Gasteiger partial charge in [-0.15, -0.1) is 11.3 Å². The summed E-state index contributed by atoms with van der Waals surface area (Å²) in [6.45, 7) is 0. The number of hydrogen-bond donors (Lipinski definition) is 2. The van der Waals surface area contributed by atoms with E-state index in [9.17, 15) is 0 Å². The van der Waals surface area contributed by atoms with Gasteiger partial charge in [0.1, 0.15) is 10.8 Å². The lowest BCUT2D eigenvalue weighted by Gasteiger charge is -1.95. The van der Waals surface area contributed by atoms with E-state index in [2.05, 4.69) is 4.98 Å².